The third kappa shape index (κ3) is 3.22. The number of aliphatic imine (C=N–C) groups is 1. The molecule has 26 heavy (non-hydrogen) atoms. The summed E-state index contributed by atoms with van der Waals surface area (Å²) in [4.78, 5) is 12.6. The summed E-state index contributed by atoms with van der Waals surface area (Å²) < 4.78 is 11.1. The van der Waals surface area contributed by atoms with Gasteiger partial charge in [0.05, 0.1) is 18.4 Å². The molecular formula is C18H23N5O3. The lowest BCUT2D eigenvalue weighted by molar-refractivity contribution is 0.361. The van der Waals surface area contributed by atoms with Crippen molar-refractivity contribution in [2.75, 3.05) is 24.8 Å². The SMILES string of the molecule is CCC1(CC)Nc2nc(N)nc(O)c2N=C1COc1ccc(OC)cc1. The molecule has 8 nitrogen and oxygen atoms in total. The smallest absolute Gasteiger partial charge is 0.244 e. The van der Waals surface area contributed by atoms with E-state index in [4.69, 9.17) is 15.2 Å². The summed E-state index contributed by atoms with van der Waals surface area (Å²) >= 11 is 0. The van der Waals surface area contributed by atoms with Crippen molar-refractivity contribution in [1.82, 2.24) is 9.97 Å². The molecule has 2 heterocycles. The molecule has 0 spiro atoms. The van der Waals surface area contributed by atoms with E-state index in [1.165, 1.54) is 0 Å². The van der Waals surface area contributed by atoms with Gasteiger partial charge in [0.1, 0.15) is 18.1 Å². The van der Waals surface area contributed by atoms with Crippen molar-refractivity contribution in [3.8, 4) is 17.4 Å². The number of aromatic hydroxyl groups is 1. The van der Waals surface area contributed by atoms with Gasteiger partial charge in [-0.1, -0.05) is 13.8 Å². The Labute approximate surface area is 152 Å². The number of ether oxygens (including phenoxy) is 2. The van der Waals surface area contributed by atoms with E-state index < -0.39 is 5.54 Å². The number of rotatable bonds is 6. The third-order valence-corrected chi connectivity index (χ3v) is 4.68. The fourth-order valence-corrected chi connectivity index (χ4v) is 3.02. The number of nitrogens with zero attached hydrogens (tertiary/aromatic N) is 3. The van der Waals surface area contributed by atoms with Crippen LogP contribution in [0.4, 0.5) is 17.5 Å². The topological polar surface area (TPSA) is 115 Å². The van der Waals surface area contributed by atoms with Gasteiger partial charge in [0.15, 0.2) is 11.5 Å². The van der Waals surface area contributed by atoms with Gasteiger partial charge < -0.3 is 25.6 Å². The summed E-state index contributed by atoms with van der Waals surface area (Å²) in [6, 6.07) is 7.34. The lowest BCUT2D eigenvalue weighted by Crippen LogP contribution is -2.49. The van der Waals surface area contributed by atoms with Crippen molar-refractivity contribution >= 4 is 23.2 Å². The van der Waals surface area contributed by atoms with Gasteiger partial charge in [-0.05, 0) is 37.1 Å². The lowest BCUT2D eigenvalue weighted by atomic mass is 9.86. The molecule has 138 valence electrons. The molecule has 0 atom stereocenters. The number of nitrogens with one attached hydrogen (secondary N) is 1. The minimum atomic E-state index is -0.424. The van der Waals surface area contributed by atoms with Crippen LogP contribution in [0.2, 0.25) is 0 Å². The second kappa shape index (κ2) is 7.07. The third-order valence-electron chi connectivity index (χ3n) is 4.68. The van der Waals surface area contributed by atoms with Crippen LogP contribution in [0.15, 0.2) is 29.3 Å². The van der Waals surface area contributed by atoms with Crippen molar-refractivity contribution in [3.05, 3.63) is 24.3 Å². The Morgan fingerprint density at radius 3 is 2.38 bits per heavy atom. The van der Waals surface area contributed by atoms with Crippen LogP contribution in [-0.4, -0.2) is 40.0 Å². The molecule has 0 aliphatic carbocycles. The van der Waals surface area contributed by atoms with Crippen molar-refractivity contribution in [2.45, 2.75) is 32.2 Å². The van der Waals surface area contributed by atoms with E-state index in [1.807, 2.05) is 24.3 Å². The van der Waals surface area contributed by atoms with Crippen LogP contribution < -0.4 is 20.5 Å². The maximum atomic E-state index is 10.1. The number of nitrogens with two attached hydrogens (primary N) is 1. The van der Waals surface area contributed by atoms with Crippen molar-refractivity contribution < 1.29 is 14.6 Å². The van der Waals surface area contributed by atoms with Gasteiger partial charge in [-0.15, -0.1) is 0 Å². The van der Waals surface area contributed by atoms with E-state index >= 15 is 0 Å². The lowest BCUT2D eigenvalue weighted by Gasteiger charge is -2.38. The summed E-state index contributed by atoms with van der Waals surface area (Å²) in [7, 11) is 1.62. The highest BCUT2D eigenvalue weighted by atomic mass is 16.5. The van der Waals surface area contributed by atoms with Crippen LogP contribution >= 0.6 is 0 Å². The van der Waals surface area contributed by atoms with Crippen LogP contribution in [0.5, 0.6) is 17.4 Å². The average molecular weight is 357 g/mol. The number of fused-ring (bicyclic) bond motifs is 1. The Morgan fingerprint density at radius 1 is 1.12 bits per heavy atom. The number of benzene rings is 1. The molecule has 0 saturated carbocycles. The van der Waals surface area contributed by atoms with Crippen LogP contribution in [0.25, 0.3) is 0 Å². The molecule has 4 N–H and O–H groups in total. The fraction of sp³-hybridized carbons (Fsp3) is 0.389. The summed E-state index contributed by atoms with van der Waals surface area (Å²) in [6.07, 6.45) is 1.55. The highest BCUT2D eigenvalue weighted by molar-refractivity contribution is 6.02. The number of methoxy groups -OCH3 is 1. The first-order valence-electron chi connectivity index (χ1n) is 8.51. The minimum Gasteiger partial charge on any atom is -0.497 e. The maximum absolute atomic E-state index is 10.1. The largest absolute Gasteiger partial charge is 0.497 e. The standard InChI is InChI=1S/C18H23N5O3/c1-4-18(5-2)13(10-26-12-8-6-11(25-3)7-9-12)20-14-15(23-18)21-17(19)22-16(14)24/h6-9H,4-5,10H2,1-3H3,(H4,19,21,22,23,24). The Kier molecular flexibility index (Phi) is 4.83. The molecule has 0 amide bonds. The minimum absolute atomic E-state index is 0.00277. The van der Waals surface area contributed by atoms with Gasteiger partial charge in [-0.2, -0.15) is 9.97 Å². The maximum Gasteiger partial charge on any atom is 0.244 e. The number of hydrogen-bond acceptors (Lipinski definition) is 8. The number of anilines is 2. The van der Waals surface area contributed by atoms with E-state index in [0.29, 0.717) is 11.6 Å². The molecule has 0 radical (unpaired) electrons. The Balaban J connectivity index is 1.91. The zero-order valence-corrected chi connectivity index (χ0v) is 15.1. The second-order valence-corrected chi connectivity index (χ2v) is 6.04. The van der Waals surface area contributed by atoms with Gasteiger partial charge in [0.2, 0.25) is 11.8 Å². The Hall–Kier alpha value is -3.03. The van der Waals surface area contributed by atoms with E-state index in [0.717, 1.165) is 24.3 Å². The van der Waals surface area contributed by atoms with Gasteiger partial charge in [-0.25, -0.2) is 4.99 Å². The number of hydrogen-bond donors (Lipinski definition) is 3. The molecule has 0 fully saturated rings. The van der Waals surface area contributed by atoms with Crippen LogP contribution in [0.3, 0.4) is 0 Å². The van der Waals surface area contributed by atoms with E-state index in [-0.39, 0.29) is 24.1 Å². The molecule has 1 aliphatic heterocycles. The molecule has 2 aromatic rings. The normalized spacial score (nSPS) is 14.8. The summed E-state index contributed by atoms with van der Waals surface area (Å²) in [5.74, 6) is 1.66. The zero-order chi connectivity index (χ0) is 18.7. The molecule has 8 heteroatoms. The summed E-state index contributed by atoms with van der Waals surface area (Å²) in [5, 5.41) is 13.5. The fourth-order valence-electron chi connectivity index (χ4n) is 3.02. The first-order chi connectivity index (χ1) is 12.5. The predicted molar refractivity (Wildman–Crippen MR) is 101 cm³/mol. The first-order valence-corrected chi connectivity index (χ1v) is 8.51. The van der Waals surface area contributed by atoms with Gasteiger partial charge in [0.25, 0.3) is 0 Å². The predicted octanol–water partition coefficient (Wildman–Crippen LogP) is 2.91. The molecule has 0 saturated heterocycles. The number of aromatic nitrogens is 2. The second-order valence-electron chi connectivity index (χ2n) is 6.04. The van der Waals surface area contributed by atoms with Gasteiger partial charge in [0, 0.05) is 0 Å². The van der Waals surface area contributed by atoms with Crippen molar-refractivity contribution in [1.29, 1.82) is 0 Å². The summed E-state index contributed by atoms with van der Waals surface area (Å²) in [5.41, 5.74) is 6.27. The monoisotopic (exact) mass is 357 g/mol. The highest BCUT2D eigenvalue weighted by Gasteiger charge is 2.38. The number of nitrogen functional groups attached to an aromatic ring is 1. The quantitative estimate of drug-likeness (QED) is 0.728. The molecular weight excluding hydrogens is 334 g/mol. The van der Waals surface area contributed by atoms with Gasteiger partial charge >= 0.3 is 0 Å². The van der Waals surface area contributed by atoms with Crippen molar-refractivity contribution in [2.24, 2.45) is 4.99 Å². The van der Waals surface area contributed by atoms with E-state index in [1.54, 1.807) is 7.11 Å². The van der Waals surface area contributed by atoms with Gasteiger partial charge in [-0.3, -0.25) is 0 Å². The molecule has 0 bridgehead atoms. The van der Waals surface area contributed by atoms with E-state index in [9.17, 15) is 5.11 Å². The molecule has 1 aromatic heterocycles. The molecule has 0 unspecified atom stereocenters. The van der Waals surface area contributed by atoms with Crippen LogP contribution in [0, 0.1) is 0 Å². The van der Waals surface area contributed by atoms with Crippen LogP contribution in [0.1, 0.15) is 26.7 Å². The van der Waals surface area contributed by atoms with E-state index in [2.05, 4.69) is 34.1 Å². The first kappa shape index (κ1) is 17.8. The average Bonchev–Trinajstić information content (AvgIpc) is 2.66. The Bertz CT molecular complexity index is 816. The molecule has 1 aliphatic rings. The van der Waals surface area contributed by atoms with Crippen LogP contribution in [-0.2, 0) is 0 Å². The molecule has 1 aromatic carbocycles. The zero-order valence-electron chi connectivity index (χ0n) is 15.1. The highest BCUT2D eigenvalue weighted by Crippen LogP contribution is 2.40. The van der Waals surface area contributed by atoms with Crippen molar-refractivity contribution in [3.63, 3.8) is 0 Å². The summed E-state index contributed by atoms with van der Waals surface area (Å²) in [6.45, 7) is 4.40. The molecule has 3 rings (SSSR count). The Morgan fingerprint density at radius 2 is 1.77 bits per heavy atom.